The van der Waals surface area contributed by atoms with E-state index < -0.39 is 24.2 Å². The highest BCUT2D eigenvalue weighted by molar-refractivity contribution is 5.81. The van der Waals surface area contributed by atoms with Crippen LogP contribution in [0, 0.1) is 12.3 Å². The zero-order chi connectivity index (χ0) is 18.7. The second-order valence-corrected chi connectivity index (χ2v) is 6.01. The maximum atomic E-state index is 12.3. The van der Waals surface area contributed by atoms with E-state index in [1.54, 1.807) is 6.42 Å². The summed E-state index contributed by atoms with van der Waals surface area (Å²) in [5.41, 5.74) is 5.88. The molecule has 0 spiro atoms. The van der Waals surface area contributed by atoms with E-state index >= 15 is 0 Å². The van der Waals surface area contributed by atoms with Gasteiger partial charge in [0.2, 0.25) is 0 Å². The summed E-state index contributed by atoms with van der Waals surface area (Å²) < 4.78 is 9.98. The van der Waals surface area contributed by atoms with Gasteiger partial charge in [-0.25, -0.2) is 4.79 Å². The lowest BCUT2D eigenvalue weighted by molar-refractivity contribution is -0.140. The summed E-state index contributed by atoms with van der Waals surface area (Å²) in [5, 5.41) is 13.1. The van der Waals surface area contributed by atoms with Crippen molar-refractivity contribution in [1.82, 2.24) is 5.32 Å². The van der Waals surface area contributed by atoms with Gasteiger partial charge in [0.15, 0.2) is 6.10 Å². The second kappa shape index (κ2) is 11.4. The topological polar surface area (TPSA) is 111 Å². The number of benzene rings is 1. The summed E-state index contributed by atoms with van der Waals surface area (Å²) >= 11 is 0. The van der Waals surface area contributed by atoms with Crippen molar-refractivity contribution in [3.63, 3.8) is 0 Å². The molecule has 2 atom stereocenters. The van der Waals surface area contributed by atoms with Crippen molar-refractivity contribution < 1.29 is 24.2 Å². The molecule has 0 heterocycles. The van der Waals surface area contributed by atoms with Crippen LogP contribution in [0.25, 0.3) is 0 Å². The molecule has 7 nitrogen and oxygen atoms in total. The molecule has 1 aromatic carbocycles. The summed E-state index contributed by atoms with van der Waals surface area (Å²) in [7, 11) is 0. The van der Waals surface area contributed by atoms with Gasteiger partial charge in [0.05, 0.1) is 12.7 Å². The molecular formula is C18H27N2O5. The van der Waals surface area contributed by atoms with Crippen LogP contribution in [0.3, 0.4) is 0 Å². The Morgan fingerprint density at radius 1 is 1.24 bits per heavy atom. The molecule has 0 bridgehead atoms. The van der Waals surface area contributed by atoms with Gasteiger partial charge in [-0.05, 0) is 24.3 Å². The number of aliphatic hydroxyl groups is 1. The highest BCUT2D eigenvalue weighted by Gasteiger charge is 2.27. The van der Waals surface area contributed by atoms with Crippen molar-refractivity contribution in [3.05, 3.63) is 42.3 Å². The fraction of sp³-hybridized carbons (Fsp3) is 0.500. The van der Waals surface area contributed by atoms with Crippen molar-refractivity contribution >= 4 is 12.0 Å². The predicted octanol–water partition coefficient (Wildman–Crippen LogP) is 1.05. The SMILES string of the molecule is CC(C)CNC(=O)C(OCCOC(N)=O)C(O)[CH]Cc1ccccc1. The summed E-state index contributed by atoms with van der Waals surface area (Å²) in [4.78, 5) is 22.8. The molecule has 1 radical (unpaired) electrons. The van der Waals surface area contributed by atoms with E-state index in [1.807, 2.05) is 44.2 Å². The fourth-order valence-electron chi connectivity index (χ4n) is 2.05. The Kier molecular flexibility index (Phi) is 9.57. The molecule has 25 heavy (non-hydrogen) atoms. The summed E-state index contributed by atoms with van der Waals surface area (Å²) in [6.45, 7) is 4.28. The van der Waals surface area contributed by atoms with Gasteiger partial charge in [0.1, 0.15) is 6.61 Å². The molecule has 2 unspecified atom stereocenters. The van der Waals surface area contributed by atoms with E-state index in [-0.39, 0.29) is 19.1 Å². The highest BCUT2D eigenvalue weighted by atomic mass is 16.6. The van der Waals surface area contributed by atoms with Gasteiger partial charge in [-0.3, -0.25) is 4.79 Å². The van der Waals surface area contributed by atoms with Gasteiger partial charge in [0, 0.05) is 6.54 Å². The number of ether oxygens (including phenoxy) is 2. The monoisotopic (exact) mass is 351 g/mol. The largest absolute Gasteiger partial charge is 0.447 e. The number of nitrogens with one attached hydrogen (secondary N) is 1. The Morgan fingerprint density at radius 2 is 1.92 bits per heavy atom. The first-order valence-electron chi connectivity index (χ1n) is 8.27. The number of hydrogen-bond acceptors (Lipinski definition) is 5. The third-order valence-corrected chi connectivity index (χ3v) is 3.32. The zero-order valence-electron chi connectivity index (χ0n) is 14.7. The van der Waals surface area contributed by atoms with E-state index in [1.165, 1.54) is 0 Å². The normalized spacial score (nSPS) is 13.3. The summed E-state index contributed by atoms with van der Waals surface area (Å²) in [6, 6.07) is 9.57. The molecule has 0 saturated heterocycles. The molecule has 139 valence electrons. The number of carbonyl (C=O) groups is 2. The molecule has 1 rings (SSSR count). The predicted molar refractivity (Wildman–Crippen MR) is 93.6 cm³/mol. The molecular weight excluding hydrogens is 324 g/mol. The average molecular weight is 351 g/mol. The molecule has 0 aliphatic rings. The quantitative estimate of drug-likeness (QED) is 0.516. The molecule has 0 aliphatic carbocycles. The number of nitrogens with two attached hydrogens (primary N) is 1. The van der Waals surface area contributed by atoms with E-state index in [9.17, 15) is 14.7 Å². The van der Waals surface area contributed by atoms with Crippen molar-refractivity contribution in [3.8, 4) is 0 Å². The third kappa shape index (κ3) is 9.07. The van der Waals surface area contributed by atoms with Crippen LogP contribution in [0.1, 0.15) is 19.4 Å². The number of hydrogen-bond donors (Lipinski definition) is 3. The lowest BCUT2D eigenvalue weighted by atomic mass is 10.0. The minimum Gasteiger partial charge on any atom is -0.447 e. The van der Waals surface area contributed by atoms with Gasteiger partial charge < -0.3 is 25.6 Å². The maximum absolute atomic E-state index is 12.3. The van der Waals surface area contributed by atoms with Gasteiger partial charge >= 0.3 is 6.09 Å². The molecule has 2 amide bonds. The van der Waals surface area contributed by atoms with Crippen LogP contribution in [0.4, 0.5) is 4.79 Å². The smallest absolute Gasteiger partial charge is 0.404 e. The fourth-order valence-corrected chi connectivity index (χ4v) is 2.05. The van der Waals surface area contributed by atoms with Crippen molar-refractivity contribution in [2.24, 2.45) is 11.7 Å². The van der Waals surface area contributed by atoms with Crippen molar-refractivity contribution in [2.75, 3.05) is 19.8 Å². The van der Waals surface area contributed by atoms with E-state index in [4.69, 9.17) is 10.5 Å². The molecule has 0 aromatic heterocycles. The lowest BCUT2D eigenvalue weighted by Crippen LogP contribution is -2.46. The van der Waals surface area contributed by atoms with Gasteiger partial charge in [-0.15, -0.1) is 0 Å². The number of amides is 2. The molecule has 0 saturated carbocycles. The van der Waals surface area contributed by atoms with Crippen LogP contribution >= 0.6 is 0 Å². The van der Waals surface area contributed by atoms with Crippen LogP contribution < -0.4 is 11.1 Å². The number of primary amides is 1. The Labute approximate surface area is 148 Å². The number of carbonyl (C=O) groups excluding carboxylic acids is 2. The second-order valence-electron chi connectivity index (χ2n) is 6.01. The molecule has 1 aromatic rings. The van der Waals surface area contributed by atoms with Crippen LogP contribution in [-0.4, -0.2) is 49.1 Å². The van der Waals surface area contributed by atoms with E-state index in [0.29, 0.717) is 13.0 Å². The van der Waals surface area contributed by atoms with E-state index in [0.717, 1.165) is 5.56 Å². The Bertz CT molecular complexity index is 521. The first-order chi connectivity index (χ1) is 11.9. The Balaban J connectivity index is 2.57. The summed E-state index contributed by atoms with van der Waals surface area (Å²) in [5.74, 6) is -0.141. The molecule has 7 heteroatoms. The van der Waals surface area contributed by atoms with E-state index in [2.05, 4.69) is 10.1 Å². The zero-order valence-corrected chi connectivity index (χ0v) is 14.7. The van der Waals surface area contributed by atoms with Gasteiger partial charge in [-0.1, -0.05) is 44.2 Å². The lowest BCUT2D eigenvalue weighted by Gasteiger charge is -2.23. The maximum Gasteiger partial charge on any atom is 0.404 e. The van der Waals surface area contributed by atoms with Crippen LogP contribution in [-0.2, 0) is 20.7 Å². The minimum atomic E-state index is -1.10. The molecule has 0 aliphatic heterocycles. The van der Waals surface area contributed by atoms with Gasteiger partial charge in [-0.2, -0.15) is 0 Å². The Morgan fingerprint density at radius 3 is 2.52 bits per heavy atom. The molecule has 0 fully saturated rings. The van der Waals surface area contributed by atoms with Crippen LogP contribution in [0.5, 0.6) is 0 Å². The third-order valence-electron chi connectivity index (χ3n) is 3.32. The van der Waals surface area contributed by atoms with Crippen molar-refractivity contribution in [2.45, 2.75) is 32.5 Å². The van der Waals surface area contributed by atoms with Gasteiger partial charge in [0.25, 0.3) is 5.91 Å². The molecule has 4 N–H and O–H groups in total. The summed E-state index contributed by atoms with van der Waals surface area (Å²) in [6.07, 6.45) is -0.985. The standard InChI is InChI=1S/C18H27N2O5/c1-13(2)12-20-17(22)16(24-10-11-25-18(19)23)15(21)9-8-14-6-4-3-5-7-14/h3-7,9,13,15-16,21H,8,10-12H2,1-2H3,(H2,19,23)(H,20,22). The van der Waals surface area contributed by atoms with Crippen molar-refractivity contribution in [1.29, 1.82) is 0 Å². The first kappa shape index (κ1) is 20.9. The minimum absolute atomic E-state index is 0.0427. The average Bonchev–Trinajstić information content (AvgIpc) is 2.58. The van der Waals surface area contributed by atoms with Crippen LogP contribution in [0.2, 0.25) is 0 Å². The number of rotatable bonds is 11. The number of aliphatic hydroxyl groups excluding tert-OH is 1. The highest BCUT2D eigenvalue weighted by Crippen LogP contribution is 2.10. The Hall–Kier alpha value is -2.12. The first-order valence-corrected chi connectivity index (χ1v) is 8.27. The van der Waals surface area contributed by atoms with Crippen LogP contribution in [0.15, 0.2) is 30.3 Å².